The Labute approximate surface area is 64.6 Å². The van der Waals surface area contributed by atoms with Gasteiger partial charge in [0.25, 0.3) is 0 Å². The van der Waals surface area contributed by atoms with Crippen LogP contribution in [0.5, 0.6) is 0 Å². The molecule has 0 unspecified atom stereocenters. The predicted molar refractivity (Wildman–Crippen MR) is 36.9 cm³/mol. The van der Waals surface area contributed by atoms with E-state index in [9.17, 15) is 13.0 Å². The van der Waals surface area contributed by atoms with Gasteiger partial charge in [-0.3, -0.25) is 4.98 Å². The van der Waals surface area contributed by atoms with E-state index in [1.165, 1.54) is 12.1 Å². The first-order chi connectivity index (χ1) is 5.00. The van der Waals surface area contributed by atoms with Gasteiger partial charge in [0.1, 0.15) is 10.1 Å². The third kappa shape index (κ3) is 1.99. The highest BCUT2D eigenvalue weighted by Gasteiger charge is 1.98. The van der Waals surface area contributed by atoms with Gasteiger partial charge in [0.05, 0.1) is 4.90 Å². The van der Waals surface area contributed by atoms with Gasteiger partial charge in [0.15, 0.2) is 0 Å². The van der Waals surface area contributed by atoms with Crippen molar-refractivity contribution in [3.05, 3.63) is 24.0 Å². The van der Waals surface area contributed by atoms with E-state index in [2.05, 4.69) is 4.98 Å². The Balaban J connectivity index is 3.20. The predicted octanol–water partition coefficient (Wildman–Crippen LogP) is 0.294. The summed E-state index contributed by atoms with van der Waals surface area (Å²) in [6.07, 6.45) is 1.05. The van der Waals surface area contributed by atoms with Crippen LogP contribution in [0, 0.1) is 6.92 Å². The lowest BCUT2D eigenvalue weighted by Crippen LogP contribution is -1.98. The SMILES string of the molecule is Cc1ccc(S(=O)(=O)[O-])cn1. The second-order valence-electron chi connectivity index (χ2n) is 2.09. The second-order valence-corrected chi connectivity index (χ2v) is 3.47. The molecule has 0 aliphatic rings. The molecule has 60 valence electrons. The van der Waals surface area contributed by atoms with Crippen molar-refractivity contribution in [3.63, 3.8) is 0 Å². The summed E-state index contributed by atoms with van der Waals surface area (Å²) in [5.41, 5.74) is 0.678. The highest BCUT2D eigenvalue weighted by molar-refractivity contribution is 7.85. The number of aromatic nitrogens is 1. The van der Waals surface area contributed by atoms with Crippen LogP contribution in [0.3, 0.4) is 0 Å². The van der Waals surface area contributed by atoms with Crippen molar-refractivity contribution in [2.45, 2.75) is 11.8 Å². The third-order valence-corrected chi connectivity index (χ3v) is 1.99. The first kappa shape index (κ1) is 8.16. The van der Waals surface area contributed by atoms with Gasteiger partial charge in [0, 0.05) is 11.9 Å². The van der Waals surface area contributed by atoms with Crippen LogP contribution in [0.15, 0.2) is 23.2 Å². The smallest absolute Gasteiger partial charge is 0.125 e. The van der Waals surface area contributed by atoms with Crippen LogP contribution in [0.4, 0.5) is 0 Å². The van der Waals surface area contributed by atoms with Crippen molar-refractivity contribution in [3.8, 4) is 0 Å². The Bertz CT molecular complexity index is 341. The Morgan fingerprint density at radius 2 is 2.09 bits per heavy atom. The first-order valence-electron chi connectivity index (χ1n) is 2.89. The van der Waals surface area contributed by atoms with E-state index in [4.69, 9.17) is 0 Å². The highest BCUT2D eigenvalue weighted by Crippen LogP contribution is 2.05. The summed E-state index contributed by atoms with van der Waals surface area (Å²) in [7, 11) is -4.33. The van der Waals surface area contributed by atoms with Gasteiger partial charge < -0.3 is 4.55 Å². The number of hydrogen-bond acceptors (Lipinski definition) is 4. The van der Waals surface area contributed by atoms with Crippen LogP contribution >= 0.6 is 0 Å². The molecule has 0 radical (unpaired) electrons. The summed E-state index contributed by atoms with van der Waals surface area (Å²) >= 11 is 0. The molecule has 1 aromatic heterocycles. The van der Waals surface area contributed by atoms with Crippen LogP contribution in [0.25, 0.3) is 0 Å². The van der Waals surface area contributed by atoms with E-state index in [0.29, 0.717) is 5.69 Å². The lowest BCUT2D eigenvalue weighted by molar-refractivity contribution is 0.462. The summed E-state index contributed by atoms with van der Waals surface area (Å²) in [5, 5.41) is 0. The van der Waals surface area contributed by atoms with Crippen LogP contribution in [0.2, 0.25) is 0 Å². The maximum Gasteiger partial charge on any atom is 0.125 e. The third-order valence-electron chi connectivity index (χ3n) is 1.17. The molecule has 11 heavy (non-hydrogen) atoms. The molecule has 1 heterocycles. The van der Waals surface area contributed by atoms with E-state index in [1.54, 1.807) is 6.92 Å². The summed E-state index contributed by atoms with van der Waals surface area (Å²) in [6, 6.07) is 2.72. The number of rotatable bonds is 1. The minimum absolute atomic E-state index is 0.289. The molecular formula is C6H6NO3S-. The Morgan fingerprint density at radius 1 is 1.45 bits per heavy atom. The number of aryl methyl sites for hydroxylation is 1. The summed E-state index contributed by atoms with van der Waals surface area (Å²) in [6.45, 7) is 1.71. The van der Waals surface area contributed by atoms with Crippen molar-refractivity contribution in [1.82, 2.24) is 4.98 Å². The molecule has 1 aromatic rings. The molecular weight excluding hydrogens is 166 g/mol. The lowest BCUT2D eigenvalue weighted by Gasteiger charge is -2.04. The van der Waals surface area contributed by atoms with Crippen LogP contribution in [-0.2, 0) is 10.1 Å². The normalized spacial score (nSPS) is 11.5. The van der Waals surface area contributed by atoms with Gasteiger partial charge in [-0.15, -0.1) is 0 Å². The maximum atomic E-state index is 10.3. The van der Waals surface area contributed by atoms with Gasteiger partial charge in [-0.05, 0) is 19.1 Å². The summed E-state index contributed by atoms with van der Waals surface area (Å²) in [4.78, 5) is 3.38. The highest BCUT2D eigenvalue weighted by atomic mass is 32.2. The average molecular weight is 172 g/mol. The topological polar surface area (TPSA) is 70.1 Å². The van der Waals surface area contributed by atoms with Crippen molar-refractivity contribution < 1.29 is 13.0 Å². The molecule has 5 heteroatoms. The molecule has 0 amide bonds. The van der Waals surface area contributed by atoms with E-state index < -0.39 is 10.1 Å². The number of nitrogens with zero attached hydrogens (tertiary/aromatic N) is 1. The molecule has 0 saturated carbocycles. The van der Waals surface area contributed by atoms with Crippen LogP contribution in [0.1, 0.15) is 5.69 Å². The second kappa shape index (κ2) is 2.60. The van der Waals surface area contributed by atoms with Crippen LogP contribution in [-0.4, -0.2) is 18.0 Å². The number of hydrogen-bond donors (Lipinski definition) is 0. The summed E-state index contributed by atoms with van der Waals surface area (Å²) in [5.74, 6) is 0. The molecule has 0 spiro atoms. The van der Waals surface area contributed by atoms with E-state index >= 15 is 0 Å². The van der Waals surface area contributed by atoms with Gasteiger partial charge in [-0.2, -0.15) is 0 Å². The minimum atomic E-state index is -4.33. The minimum Gasteiger partial charge on any atom is -0.744 e. The van der Waals surface area contributed by atoms with Crippen molar-refractivity contribution >= 4 is 10.1 Å². The maximum absolute atomic E-state index is 10.3. The molecule has 1 rings (SSSR count). The molecule has 0 N–H and O–H groups in total. The Kier molecular flexibility index (Phi) is 1.92. The zero-order valence-electron chi connectivity index (χ0n) is 5.81. The zero-order chi connectivity index (χ0) is 8.48. The molecule has 0 bridgehead atoms. The first-order valence-corrected chi connectivity index (χ1v) is 4.29. The van der Waals surface area contributed by atoms with Crippen molar-refractivity contribution in [1.29, 1.82) is 0 Å². The van der Waals surface area contributed by atoms with E-state index in [1.807, 2.05) is 0 Å². The number of pyridine rings is 1. The molecule has 4 nitrogen and oxygen atoms in total. The van der Waals surface area contributed by atoms with Crippen molar-refractivity contribution in [2.75, 3.05) is 0 Å². The lowest BCUT2D eigenvalue weighted by atomic mass is 10.4. The quantitative estimate of drug-likeness (QED) is 0.571. The van der Waals surface area contributed by atoms with Gasteiger partial charge in [0.2, 0.25) is 0 Å². The standard InChI is InChI=1S/C6H7NO3S/c1-5-2-3-6(4-7-5)11(8,9)10/h2-4H,1H3,(H,8,9,10)/p-1. The molecule has 0 aromatic carbocycles. The molecule has 0 atom stereocenters. The Hall–Kier alpha value is -0.940. The van der Waals surface area contributed by atoms with Gasteiger partial charge in [-0.25, -0.2) is 8.42 Å². The fourth-order valence-corrected chi connectivity index (χ4v) is 1.02. The summed E-state index contributed by atoms with van der Waals surface area (Å²) < 4.78 is 31.0. The van der Waals surface area contributed by atoms with E-state index in [0.717, 1.165) is 6.20 Å². The largest absolute Gasteiger partial charge is 0.744 e. The molecule has 0 aliphatic heterocycles. The van der Waals surface area contributed by atoms with Crippen LogP contribution < -0.4 is 0 Å². The van der Waals surface area contributed by atoms with Crippen molar-refractivity contribution in [2.24, 2.45) is 0 Å². The fraction of sp³-hybridized carbons (Fsp3) is 0.167. The Morgan fingerprint density at radius 3 is 2.45 bits per heavy atom. The zero-order valence-corrected chi connectivity index (χ0v) is 6.63. The average Bonchev–Trinajstić information content (AvgIpc) is 1.86. The van der Waals surface area contributed by atoms with Gasteiger partial charge >= 0.3 is 0 Å². The monoisotopic (exact) mass is 172 g/mol. The molecule has 0 saturated heterocycles. The molecule has 0 fully saturated rings. The fourth-order valence-electron chi connectivity index (χ4n) is 0.602. The van der Waals surface area contributed by atoms with E-state index in [-0.39, 0.29) is 4.90 Å². The van der Waals surface area contributed by atoms with Gasteiger partial charge in [-0.1, -0.05) is 0 Å². The molecule has 0 aliphatic carbocycles.